The minimum atomic E-state index is -4.39. The lowest BCUT2D eigenvalue weighted by molar-refractivity contribution is -0.138. The molecule has 1 spiro atoms. The number of pyridine rings is 1. The van der Waals surface area contributed by atoms with E-state index in [-0.39, 0.29) is 12.0 Å². The molecule has 2 aromatic heterocycles. The molecule has 4 rings (SSSR count). The van der Waals surface area contributed by atoms with Crippen LogP contribution >= 0.6 is 0 Å². The molecule has 2 aliphatic rings. The van der Waals surface area contributed by atoms with Crippen LogP contribution in [0.5, 0.6) is 0 Å². The lowest BCUT2D eigenvalue weighted by Gasteiger charge is -2.38. The van der Waals surface area contributed by atoms with Crippen LogP contribution in [0.15, 0.2) is 30.9 Å². The second-order valence-corrected chi connectivity index (χ2v) is 7.69. The van der Waals surface area contributed by atoms with E-state index in [1.807, 2.05) is 0 Å². The number of hydrogen-bond donors (Lipinski definition) is 0. The fourth-order valence-corrected chi connectivity index (χ4v) is 4.05. The van der Waals surface area contributed by atoms with Crippen LogP contribution in [0.3, 0.4) is 0 Å². The minimum Gasteiger partial charge on any atom is -0.381 e. The van der Waals surface area contributed by atoms with Gasteiger partial charge in [0.25, 0.3) is 0 Å². The van der Waals surface area contributed by atoms with Crippen LogP contribution in [0, 0.1) is 5.41 Å². The average molecular weight is 392 g/mol. The van der Waals surface area contributed by atoms with Crippen molar-refractivity contribution < 1.29 is 17.9 Å². The van der Waals surface area contributed by atoms with E-state index in [2.05, 4.69) is 19.9 Å². The van der Waals surface area contributed by atoms with Crippen molar-refractivity contribution in [2.24, 2.45) is 5.41 Å². The van der Waals surface area contributed by atoms with Gasteiger partial charge in [0.1, 0.15) is 5.82 Å². The molecule has 8 heteroatoms. The minimum absolute atomic E-state index is 0.230. The zero-order valence-corrected chi connectivity index (χ0v) is 15.6. The highest BCUT2D eigenvalue weighted by molar-refractivity contribution is 5.37. The van der Waals surface area contributed by atoms with Gasteiger partial charge in [0.05, 0.1) is 30.3 Å². The highest BCUT2D eigenvalue weighted by atomic mass is 19.4. The zero-order valence-electron chi connectivity index (χ0n) is 15.6. The van der Waals surface area contributed by atoms with Crippen LogP contribution in [-0.2, 0) is 23.8 Å². The first-order valence-electron chi connectivity index (χ1n) is 9.59. The molecule has 2 aliphatic heterocycles. The Kier molecular flexibility index (Phi) is 5.23. The fourth-order valence-electron chi connectivity index (χ4n) is 4.05. The van der Waals surface area contributed by atoms with E-state index in [4.69, 9.17) is 4.74 Å². The molecule has 0 aliphatic carbocycles. The average Bonchev–Trinajstić information content (AvgIpc) is 3.15. The van der Waals surface area contributed by atoms with Gasteiger partial charge in [0, 0.05) is 32.1 Å². The predicted molar refractivity (Wildman–Crippen MR) is 98.0 cm³/mol. The highest BCUT2D eigenvalue weighted by Gasteiger charge is 2.38. The summed E-state index contributed by atoms with van der Waals surface area (Å²) in [7, 11) is 0. The van der Waals surface area contributed by atoms with E-state index in [0.717, 1.165) is 57.6 Å². The van der Waals surface area contributed by atoms with Crippen LogP contribution in [0.1, 0.15) is 36.1 Å². The van der Waals surface area contributed by atoms with Gasteiger partial charge in [-0.2, -0.15) is 13.2 Å². The van der Waals surface area contributed by atoms with Crippen LogP contribution in [-0.4, -0.2) is 41.3 Å². The van der Waals surface area contributed by atoms with Gasteiger partial charge in [-0.1, -0.05) is 0 Å². The normalized spacial score (nSPS) is 19.3. The van der Waals surface area contributed by atoms with Gasteiger partial charge in [-0.15, -0.1) is 0 Å². The first-order valence-corrected chi connectivity index (χ1v) is 9.59. The molecule has 0 bridgehead atoms. The number of halogens is 3. The molecule has 150 valence electrons. The van der Waals surface area contributed by atoms with Crippen LogP contribution in [0.4, 0.5) is 19.0 Å². The predicted octanol–water partition coefficient (Wildman–Crippen LogP) is 3.68. The van der Waals surface area contributed by atoms with E-state index in [1.165, 1.54) is 12.3 Å². The summed E-state index contributed by atoms with van der Waals surface area (Å²) in [5.41, 5.74) is 0.572. The van der Waals surface area contributed by atoms with E-state index in [9.17, 15) is 13.2 Å². The maximum Gasteiger partial charge on any atom is 0.418 e. The standard InChI is InChI=1S/C20H23F3N4O/c21-20(22,23)17-12-24-7-3-15(17)1-2-16-11-26-18(13-25-16)27-8-4-19(5-9-27)6-10-28-14-19/h3,7,11-13H,1-2,4-6,8-10,14H2. The third kappa shape index (κ3) is 4.11. The first-order chi connectivity index (χ1) is 13.5. The molecule has 4 heterocycles. The topological polar surface area (TPSA) is 51.1 Å². The Morgan fingerprint density at radius 2 is 1.86 bits per heavy atom. The van der Waals surface area contributed by atoms with Gasteiger partial charge in [0.2, 0.25) is 0 Å². The number of hydrogen-bond acceptors (Lipinski definition) is 5. The molecular weight excluding hydrogens is 369 g/mol. The third-order valence-electron chi connectivity index (χ3n) is 5.89. The van der Waals surface area contributed by atoms with Crippen LogP contribution in [0.2, 0.25) is 0 Å². The third-order valence-corrected chi connectivity index (χ3v) is 5.89. The summed E-state index contributed by atoms with van der Waals surface area (Å²) in [6.45, 7) is 3.59. The lowest BCUT2D eigenvalue weighted by atomic mass is 9.78. The monoisotopic (exact) mass is 392 g/mol. The summed E-state index contributed by atoms with van der Waals surface area (Å²) in [5, 5.41) is 0. The van der Waals surface area contributed by atoms with Crippen molar-refractivity contribution in [3.05, 3.63) is 47.7 Å². The van der Waals surface area contributed by atoms with Gasteiger partial charge < -0.3 is 9.64 Å². The number of piperidine rings is 1. The van der Waals surface area contributed by atoms with Crippen molar-refractivity contribution in [3.63, 3.8) is 0 Å². The van der Waals surface area contributed by atoms with Crippen molar-refractivity contribution in [3.8, 4) is 0 Å². The van der Waals surface area contributed by atoms with Crippen LogP contribution < -0.4 is 4.90 Å². The molecule has 2 aromatic rings. The Morgan fingerprint density at radius 1 is 1.04 bits per heavy atom. The van der Waals surface area contributed by atoms with Crippen molar-refractivity contribution in [1.29, 1.82) is 0 Å². The Hall–Kier alpha value is -2.22. The first kappa shape index (κ1) is 19.1. The number of ether oxygens (including phenoxy) is 1. The van der Waals surface area contributed by atoms with E-state index < -0.39 is 11.7 Å². The Bertz CT molecular complexity index is 794. The maximum absolute atomic E-state index is 13.1. The molecule has 0 radical (unpaired) electrons. The van der Waals surface area contributed by atoms with Crippen LogP contribution in [0.25, 0.3) is 0 Å². The largest absolute Gasteiger partial charge is 0.418 e. The number of rotatable bonds is 4. The summed E-state index contributed by atoms with van der Waals surface area (Å²) in [5.74, 6) is 0.831. The number of aryl methyl sites for hydroxylation is 2. The fraction of sp³-hybridized carbons (Fsp3) is 0.550. The summed E-state index contributed by atoms with van der Waals surface area (Å²) < 4.78 is 44.8. The second kappa shape index (κ2) is 7.66. The van der Waals surface area contributed by atoms with E-state index in [0.29, 0.717) is 17.5 Å². The number of aromatic nitrogens is 3. The van der Waals surface area contributed by atoms with E-state index in [1.54, 1.807) is 12.4 Å². The summed E-state index contributed by atoms with van der Waals surface area (Å²) in [6, 6.07) is 1.42. The maximum atomic E-state index is 13.1. The molecule has 28 heavy (non-hydrogen) atoms. The lowest BCUT2D eigenvalue weighted by Crippen LogP contribution is -2.40. The van der Waals surface area contributed by atoms with Crippen molar-refractivity contribution in [2.75, 3.05) is 31.2 Å². The molecule has 0 saturated carbocycles. The van der Waals surface area contributed by atoms with Gasteiger partial charge in [-0.25, -0.2) is 4.98 Å². The van der Waals surface area contributed by atoms with Gasteiger partial charge in [-0.05, 0) is 49.1 Å². The number of anilines is 1. The van der Waals surface area contributed by atoms with Crippen molar-refractivity contribution >= 4 is 5.82 Å². The summed E-state index contributed by atoms with van der Waals surface area (Å²) in [4.78, 5) is 14.7. The summed E-state index contributed by atoms with van der Waals surface area (Å²) >= 11 is 0. The van der Waals surface area contributed by atoms with Gasteiger partial charge in [-0.3, -0.25) is 9.97 Å². The molecule has 2 saturated heterocycles. The smallest absolute Gasteiger partial charge is 0.381 e. The molecular formula is C20H23F3N4O. The molecule has 0 N–H and O–H groups in total. The molecule has 0 atom stereocenters. The van der Waals surface area contributed by atoms with E-state index >= 15 is 0 Å². The molecule has 0 aromatic carbocycles. The van der Waals surface area contributed by atoms with Crippen molar-refractivity contribution in [1.82, 2.24) is 15.0 Å². The number of nitrogens with zero attached hydrogens (tertiary/aromatic N) is 4. The number of alkyl halides is 3. The Morgan fingerprint density at radius 3 is 2.50 bits per heavy atom. The highest BCUT2D eigenvalue weighted by Crippen LogP contribution is 2.39. The molecule has 2 fully saturated rings. The quantitative estimate of drug-likeness (QED) is 0.795. The van der Waals surface area contributed by atoms with Gasteiger partial charge in [0.15, 0.2) is 0 Å². The zero-order chi connectivity index (χ0) is 19.6. The molecule has 0 amide bonds. The molecule has 0 unspecified atom stereocenters. The van der Waals surface area contributed by atoms with Gasteiger partial charge >= 0.3 is 6.18 Å². The molecule has 5 nitrogen and oxygen atoms in total. The van der Waals surface area contributed by atoms with Crippen molar-refractivity contribution in [2.45, 2.75) is 38.3 Å². The summed E-state index contributed by atoms with van der Waals surface area (Å²) in [6.07, 6.45) is 5.26. The second-order valence-electron chi connectivity index (χ2n) is 7.69. The SMILES string of the molecule is FC(F)(F)c1cnccc1CCc1cnc(N2CCC3(CCOC3)CC2)cn1. The Balaban J connectivity index is 1.36. The Labute approximate surface area is 162 Å².